The van der Waals surface area contributed by atoms with Gasteiger partial charge in [-0.1, -0.05) is 6.07 Å². The zero-order chi connectivity index (χ0) is 11.6. The van der Waals surface area contributed by atoms with Gasteiger partial charge in [-0.15, -0.1) is 11.3 Å². The Balaban J connectivity index is 1.90. The number of ether oxygens (including phenoxy) is 1. The average Bonchev–Trinajstić information content (AvgIpc) is 2.87. The number of hydrogen-bond acceptors (Lipinski definition) is 4. The zero-order valence-electron chi connectivity index (χ0n) is 9.10. The number of carbonyl (C=O) groups excluding carboxylic acids is 1. The first-order valence-electron chi connectivity index (χ1n) is 5.27. The van der Waals surface area contributed by atoms with Gasteiger partial charge >= 0.3 is 0 Å². The van der Waals surface area contributed by atoms with Gasteiger partial charge in [0.2, 0.25) is 0 Å². The molecule has 88 valence electrons. The molecule has 0 aromatic carbocycles. The highest BCUT2D eigenvalue weighted by atomic mass is 32.1. The molecule has 1 aliphatic rings. The second-order valence-corrected chi connectivity index (χ2v) is 4.97. The monoisotopic (exact) mass is 241 g/mol. The predicted molar refractivity (Wildman–Crippen MR) is 61.6 cm³/mol. The van der Waals surface area contributed by atoms with Gasteiger partial charge < -0.3 is 15.2 Å². The molecule has 2 rings (SSSR count). The Kier molecular flexibility index (Phi) is 3.28. The third kappa shape index (κ3) is 2.26. The Morgan fingerprint density at radius 1 is 1.81 bits per heavy atom. The lowest BCUT2D eigenvalue weighted by molar-refractivity contribution is -0.0251. The molecule has 1 saturated heterocycles. The fraction of sp³-hybridized carbons (Fsp3) is 0.545. The maximum absolute atomic E-state index is 11.7. The zero-order valence-corrected chi connectivity index (χ0v) is 9.92. The van der Waals surface area contributed by atoms with Crippen LogP contribution in [0.3, 0.4) is 0 Å². The molecule has 2 heterocycles. The summed E-state index contributed by atoms with van der Waals surface area (Å²) < 4.78 is 5.29. The lowest BCUT2D eigenvalue weighted by atomic mass is 9.97. The molecule has 1 aliphatic heterocycles. The summed E-state index contributed by atoms with van der Waals surface area (Å²) >= 11 is 1.39. The highest BCUT2D eigenvalue weighted by molar-refractivity contribution is 7.12. The van der Waals surface area contributed by atoms with E-state index in [-0.39, 0.29) is 18.6 Å². The van der Waals surface area contributed by atoms with Gasteiger partial charge in [-0.05, 0) is 18.4 Å². The minimum atomic E-state index is -0.924. The summed E-state index contributed by atoms with van der Waals surface area (Å²) in [5.74, 6) is -0.137. The number of aliphatic hydroxyl groups is 1. The third-order valence-electron chi connectivity index (χ3n) is 2.96. The Bertz CT molecular complexity index is 365. The van der Waals surface area contributed by atoms with Crippen molar-refractivity contribution in [1.29, 1.82) is 0 Å². The van der Waals surface area contributed by atoms with Gasteiger partial charge in [-0.2, -0.15) is 0 Å². The summed E-state index contributed by atoms with van der Waals surface area (Å²) in [4.78, 5) is 12.3. The fourth-order valence-corrected chi connectivity index (χ4v) is 2.37. The van der Waals surface area contributed by atoms with Gasteiger partial charge in [0.15, 0.2) is 0 Å². The highest BCUT2D eigenvalue weighted by Gasteiger charge is 2.39. The minimum absolute atomic E-state index is 0.137. The lowest BCUT2D eigenvalue weighted by Crippen LogP contribution is -2.47. The molecule has 0 aliphatic carbocycles. The van der Waals surface area contributed by atoms with Crippen LogP contribution in [0.5, 0.6) is 0 Å². The van der Waals surface area contributed by atoms with Crippen LogP contribution in [0.2, 0.25) is 0 Å². The third-order valence-corrected chi connectivity index (χ3v) is 3.83. The number of thiophene rings is 1. The lowest BCUT2D eigenvalue weighted by Gasteiger charge is -2.25. The smallest absolute Gasteiger partial charge is 0.261 e. The Hall–Kier alpha value is -0.910. The van der Waals surface area contributed by atoms with Crippen molar-refractivity contribution in [3.63, 3.8) is 0 Å². The molecule has 4 nitrogen and oxygen atoms in total. The second-order valence-electron chi connectivity index (χ2n) is 4.03. The van der Waals surface area contributed by atoms with E-state index in [0.717, 1.165) is 0 Å². The van der Waals surface area contributed by atoms with E-state index in [9.17, 15) is 9.90 Å². The first kappa shape index (κ1) is 11.6. The van der Waals surface area contributed by atoms with Gasteiger partial charge in [-0.3, -0.25) is 4.79 Å². The quantitative estimate of drug-likeness (QED) is 0.830. The summed E-state index contributed by atoms with van der Waals surface area (Å²) in [5, 5.41) is 14.8. The van der Waals surface area contributed by atoms with E-state index in [0.29, 0.717) is 17.9 Å². The van der Waals surface area contributed by atoms with E-state index in [1.54, 1.807) is 6.07 Å². The molecule has 0 bridgehead atoms. The van der Waals surface area contributed by atoms with Crippen LogP contribution in [-0.2, 0) is 4.74 Å². The summed E-state index contributed by atoms with van der Waals surface area (Å²) in [6, 6.07) is 3.59. The fourth-order valence-electron chi connectivity index (χ4n) is 1.73. The molecule has 1 aromatic rings. The average molecular weight is 241 g/mol. The molecular formula is C11H15NO3S. The van der Waals surface area contributed by atoms with Gasteiger partial charge in [0.05, 0.1) is 11.0 Å². The molecule has 1 fully saturated rings. The van der Waals surface area contributed by atoms with E-state index < -0.39 is 5.60 Å². The molecule has 1 aromatic heterocycles. The van der Waals surface area contributed by atoms with Crippen LogP contribution in [0.4, 0.5) is 0 Å². The standard InChI is InChI=1S/C11H15NO3S/c1-8-11(14,4-5-15-8)7-12-10(13)9-3-2-6-16-9/h2-3,6,8,14H,4-5,7H2,1H3,(H,12,13). The number of rotatable bonds is 3. The van der Waals surface area contributed by atoms with Crippen LogP contribution < -0.4 is 5.32 Å². The molecule has 0 spiro atoms. The maximum Gasteiger partial charge on any atom is 0.261 e. The normalized spacial score (nSPS) is 29.2. The summed E-state index contributed by atoms with van der Waals surface area (Å²) in [6.07, 6.45) is 0.343. The number of amides is 1. The van der Waals surface area contributed by atoms with Gasteiger partial charge in [0.25, 0.3) is 5.91 Å². The largest absolute Gasteiger partial charge is 0.385 e. The minimum Gasteiger partial charge on any atom is -0.385 e. The van der Waals surface area contributed by atoms with E-state index in [1.165, 1.54) is 11.3 Å². The van der Waals surface area contributed by atoms with E-state index in [1.807, 2.05) is 18.4 Å². The SMILES string of the molecule is CC1OCCC1(O)CNC(=O)c1cccs1. The topological polar surface area (TPSA) is 58.6 Å². The van der Waals surface area contributed by atoms with Crippen LogP contribution in [-0.4, -0.2) is 35.9 Å². The summed E-state index contributed by atoms with van der Waals surface area (Å²) in [6.45, 7) is 2.61. The van der Waals surface area contributed by atoms with Crippen molar-refractivity contribution in [2.45, 2.75) is 25.0 Å². The van der Waals surface area contributed by atoms with Gasteiger partial charge in [-0.25, -0.2) is 0 Å². The highest BCUT2D eigenvalue weighted by Crippen LogP contribution is 2.24. The van der Waals surface area contributed by atoms with Crippen molar-refractivity contribution < 1.29 is 14.6 Å². The number of carbonyl (C=O) groups is 1. The summed E-state index contributed by atoms with van der Waals surface area (Å²) in [7, 11) is 0. The molecular weight excluding hydrogens is 226 g/mol. The number of nitrogens with one attached hydrogen (secondary N) is 1. The Labute approximate surface area is 98.2 Å². The molecule has 2 unspecified atom stereocenters. The molecule has 0 radical (unpaired) electrons. The van der Waals surface area contributed by atoms with Gasteiger partial charge in [0.1, 0.15) is 5.60 Å². The van der Waals surface area contributed by atoms with Crippen molar-refractivity contribution in [2.75, 3.05) is 13.2 Å². The molecule has 1 amide bonds. The van der Waals surface area contributed by atoms with Crippen LogP contribution in [0.1, 0.15) is 23.0 Å². The van der Waals surface area contributed by atoms with E-state index >= 15 is 0 Å². The maximum atomic E-state index is 11.7. The Morgan fingerprint density at radius 3 is 3.19 bits per heavy atom. The van der Waals surface area contributed by atoms with E-state index in [4.69, 9.17) is 4.74 Å². The van der Waals surface area contributed by atoms with Crippen molar-refractivity contribution in [2.24, 2.45) is 0 Å². The van der Waals surface area contributed by atoms with Gasteiger partial charge in [0, 0.05) is 19.6 Å². The van der Waals surface area contributed by atoms with Crippen LogP contribution in [0.15, 0.2) is 17.5 Å². The molecule has 0 saturated carbocycles. The molecule has 16 heavy (non-hydrogen) atoms. The van der Waals surface area contributed by atoms with Crippen LogP contribution in [0, 0.1) is 0 Å². The van der Waals surface area contributed by atoms with E-state index in [2.05, 4.69) is 5.32 Å². The predicted octanol–water partition coefficient (Wildman–Crippen LogP) is 1.02. The van der Waals surface area contributed by atoms with Crippen molar-refractivity contribution in [3.05, 3.63) is 22.4 Å². The first-order chi connectivity index (χ1) is 7.62. The summed E-state index contributed by atoms with van der Waals surface area (Å²) in [5.41, 5.74) is -0.924. The number of hydrogen-bond donors (Lipinski definition) is 2. The van der Waals surface area contributed by atoms with Crippen molar-refractivity contribution >= 4 is 17.2 Å². The molecule has 2 atom stereocenters. The molecule has 2 N–H and O–H groups in total. The second kappa shape index (κ2) is 4.53. The molecule has 5 heteroatoms. The van der Waals surface area contributed by atoms with Crippen LogP contribution in [0.25, 0.3) is 0 Å². The Morgan fingerprint density at radius 2 is 2.62 bits per heavy atom. The van der Waals surface area contributed by atoms with Crippen molar-refractivity contribution in [3.8, 4) is 0 Å². The van der Waals surface area contributed by atoms with Crippen molar-refractivity contribution in [1.82, 2.24) is 5.32 Å². The first-order valence-corrected chi connectivity index (χ1v) is 6.15. The van der Waals surface area contributed by atoms with Crippen LogP contribution >= 0.6 is 11.3 Å².